The number of carbonyl (C=O) groups is 1. The Kier molecular flexibility index (Phi) is 2.93. The third-order valence-electron chi connectivity index (χ3n) is 2.56. The van der Waals surface area contributed by atoms with Crippen molar-refractivity contribution in [2.75, 3.05) is 6.54 Å². The van der Waals surface area contributed by atoms with Gasteiger partial charge in [0.25, 0.3) is 0 Å². The Balaban J connectivity index is 2.52. The molecule has 1 rings (SSSR count). The molecule has 0 aliphatic heterocycles. The number of nitrogens with one attached hydrogen (secondary N) is 1. The third kappa shape index (κ3) is 1.81. The van der Waals surface area contributed by atoms with E-state index in [2.05, 4.69) is 11.2 Å². The van der Waals surface area contributed by atoms with Crippen LogP contribution in [0.15, 0.2) is 0 Å². The van der Waals surface area contributed by atoms with Crippen molar-refractivity contribution in [1.29, 1.82) is 5.26 Å². The molecule has 1 amide bonds. The molecule has 0 saturated heterocycles. The maximum absolute atomic E-state index is 11.5. The lowest BCUT2D eigenvalue weighted by Gasteiger charge is -2.38. The molecule has 1 aliphatic carbocycles. The summed E-state index contributed by atoms with van der Waals surface area (Å²) in [6.07, 6.45) is 8.45. The van der Waals surface area contributed by atoms with E-state index in [0.29, 0.717) is 6.42 Å². The Labute approximate surface area is 78.1 Å². The van der Waals surface area contributed by atoms with E-state index in [1.807, 2.05) is 6.07 Å². The van der Waals surface area contributed by atoms with Gasteiger partial charge in [-0.2, -0.15) is 5.26 Å². The van der Waals surface area contributed by atoms with Crippen LogP contribution in [0.3, 0.4) is 0 Å². The highest BCUT2D eigenvalue weighted by Crippen LogP contribution is 2.43. The number of terminal acetylenes is 1. The van der Waals surface area contributed by atoms with Crippen LogP contribution in [0.5, 0.6) is 0 Å². The monoisotopic (exact) mass is 176 g/mol. The third-order valence-corrected chi connectivity index (χ3v) is 2.56. The average molecular weight is 176 g/mol. The van der Waals surface area contributed by atoms with Crippen molar-refractivity contribution in [3.63, 3.8) is 0 Å². The molecule has 0 aromatic carbocycles. The van der Waals surface area contributed by atoms with Gasteiger partial charge in [-0.3, -0.25) is 4.79 Å². The second-order valence-corrected chi connectivity index (χ2v) is 3.36. The molecule has 1 saturated carbocycles. The quantitative estimate of drug-likeness (QED) is 0.511. The minimum Gasteiger partial charge on any atom is -0.342 e. The van der Waals surface area contributed by atoms with Gasteiger partial charge in [-0.05, 0) is 12.8 Å². The maximum atomic E-state index is 11.5. The van der Waals surface area contributed by atoms with E-state index in [1.54, 1.807) is 0 Å². The molecule has 13 heavy (non-hydrogen) atoms. The first-order chi connectivity index (χ1) is 6.25. The van der Waals surface area contributed by atoms with Crippen LogP contribution in [-0.4, -0.2) is 12.5 Å². The number of hydrogen-bond donors (Lipinski definition) is 1. The van der Waals surface area contributed by atoms with Gasteiger partial charge in [-0.15, -0.1) is 12.3 Å². The van der Waals surface area contributed by atoms with Crippen molar-refractivity contribution in [3.8, 4) is 18.4 Å². The van der Waals surface area contributed by atoms with Crippen molar-refractivity contribution in [2.45, 2.75) is 25.7 Å². The lowest BCUT2D eigenvalue weighted by Crippen LogP contribution is -2.45. The van der Waals surface area contributed by atoms with E-state index >= 15 is 0 Å². The Bertz CT molecular complexity index is 278. The second-order valence-electron chi connectivity index (χ2n) is 3.36. The molecule has 3 heteroatoms. The Morgan fingerprint density at radius 1 is 1.62 bits per heavy atom. The molecule has 1 fully saturated rings. The van der Waals surface area contributed by atoms with Crippen LogP contribution >= 0.6 is 0 Å². The van der Waals surface area contributed by atoms with Gasteiger partial charge in [-0.1, -0.05) is 6.42 Å². The highest BCUT2D eigenvalue weighted by atomic mass is 16.2. The Hall–Kier alpha value is -1.48. The van der Waals surface area contributed by atoms with Gasteiger partial charge in [0.1, 0.15) is 6.54 Å². The van der Waals surface area contributed by atoms with Crippen molar-refractivity contribution >= 4 is 5.91 Å². The van der Waals surface area contributed by atoms with Crippen molar-refractivity contribution in [3.05, 3.63) is 0 Å². The van der Waals surface area contributed by atoms with Crippen LogP contribution in [0, 0.1) is 29.1 Å². The summed E-state index contributed by atoms with van der Waals surface area (Å²) in [5.41, 5.74) is -0.356. The van der Waals surface area contributed by atoms with Gasteiger partial charge in [0.2, 0.25) is 5.91 Å². The highest BCUT2D eigenvalue weighted by molar-refractivity contribution is 5.84. The molecule has 1 aliphatic rings. The van der Waals surface area contributed by atoms with E-state index in [4.69, 9.17) is 11.7 Å². The summed E-state index contributed by atoms with van der Waals surface area (Å²) in [5, 5.41) is 10.9. The standard InChI is InChI=1S/C10H12N2O/c1-2-4-10(5-3-6-10)9(13)12-8-7-11/h1H,3-6,8H2,(H,12,13). The Morgan fingerprint density at radius 3 is 2.69 bits per heavy atom. The molecule has 0 heterocycles. The first-order valence-corrected chi connectivity index (χ1v) is 4.34. The van der Waals surface area contributed by atoms with E-state index in [9.17, 15) is 4.79 Å². The minimum absolute atomic E-state index is 0.0572. The van der Waals surface area contributed by atoms with Crippen molar-refractivity contribution in [1.82, 2.24) is 5.32 Å². The molecular weight excluding hydrogens is 164 g/mol. The van der Waals surface area contributed by atoms with Gasteiger partial charge >= 0.3 is 0 Å². The van der Waals surface area contributed by atoms with Crippen molar-refractivity contribution in [2.24, 2.45) is 5.41 Å². The normalized spacial score (nSPS) is 17.7. The lowest BCUT2D eigenvalue weighted by atomic mass is 9.66. The summed E-state index contributed by atoms with van der Waals surface area (Å²) in [6.45, 7) is 0.0746. The van der Waals surface area contributed by atoms with Gasteiger partial charge in [0, 0.05) is 6.42 Å². The summed E-state index contributed by atoms with van der Waals surface area (Å²) in [6, 6.07) is 1.88. The van der Waals surface area contributed by atoms with E-state index in [-0.39, 0.29) is 17.9 Å². The minimum atomic E-state index is -0.356. The SMILES string of the molecule is C#CCC1(C(=O)NCC#N)CCC1. The summed E-state index contributed by atoms with van der Waals surface area (Å²) < 4.78 is 0. The number of hydrogen-bond acceptors (Lipinski definition) is 2. The van der Waals surface area contributed by atoms with Gasteiger partial charge in [0.15, 0.2) is 0 Å². The summed E-state index contributed by atoms with van der Waals surface area (Å²) in [7, 11) is 0. The van der Waals surface area contributed by atoms with E-state index in [1.165, 1.54) is 0 Å². The summed E-state index contributed by atoms with van der Waals surface area (Å²) in [5.74, 6) is 2.47. The number of nitriles is 1. The first-order valence-electron chi connectivity index (χ1n) is 4.34. The molecular formula is C10H12N2O. The zero-order chi connectivity index (χ0) is 9.73. The van der Waals surface area contributed by atoms with E-state index < -0.39 is 0 Å². The molecule has 0 unspecified atom stereocenters. The van der Waals surface area contributed by atoms with Gasteiger partial charge < -0.3 is 5.32 Å². The summed E-state index contributed by atoms with van der Waals surface area (Å²) >= 11 is 0. The smallest absolute Gasteiger partial charge is 0.228 e. The lowest BCUT2D eigenvalue weighted by molar-refractivity contribution is -0.135. The zero-order valence-corrected chi connectivity index (χ0v) is 7.47. The molecule has 0 aromatic rings. The number of nitrogens with zero attached hydrogens (tertiary/aromatic N) is 1. The van der Waals surface area contributed by atoms with Crippen LogP contribution < -0.4 is 5.32 Å². The number of amides is 1. The van der Waals surface area contributed by atoms with Crippen LogP contribution in [-0.2, 0) is 4.79 Å². The second kappa shape index (κ2) is 3.96. The molecule has 0 aromatic heterocycles. The fraction of sp³-hybridized carbons (Fsp3) is 0.600. The van der Waals surface area contributed by atoms with Gasteiger partial charge in [0.05, 0.1) is 11.5 Å². The average Bonchev–Trinajstić information content (AvgIpc) is 2.07. The van der Waals surface area contributed by atoms with E-state index in [0.717, 1.165) is 19.3 Å². The maximum Gasteiger partial charge on any atom is 0.228 e. The topological polar surface area (TPSA) is 52.9 Å². The predicted octanol–water partition coefficient (Wildman–Crippen LogP) is 0.820. The Morgan fingerprint density at radius 2 is 2.31 bits per heavy atom. The molecule has 3 nitrogen and oxygen atoms in total. The largest absolute Gasteiger partial charge is 0.342 e. The molecule has 0 radical (unpaired) electrons. The number of carbonyl (C=O) groups excluding carboxylic acids is 1. The van der Waals surface area contributed by atoms with Crippen LogP contribution in [0.4, 0.5) is 0 Å². The highest BCUT2D eigenvalue weighted by Gasteiger charge is 2.42. The van der Waals surface area contributed by atoms with Crippen LogP contribution in [0.1, 0.15) is 25.7 Å². The fourth-order valence-electron chi connectivity index (χ4n) is 1.59. The predicted molar refractivity (Wildman–Crippen MR) is 48.4 cm³/mol. The molecule has 0 spiro atoms. The zero-order valence-electron chi connectivity index (χ0n) is 7.47. The van der Waals surface area contributed by atoms with Crippen LogP contribution in [0.2, 0.25) is 0 Å². The fourth-order valence-corrected chi connectivity index (χ4v) is 1.59. The molecule has 0 bridgehead atoms. The molecule has 68 valence electrons. The molecule has 1 N–H and O–H groups in total. The number of rotatable bonds is 3. The molecule has 0 atom stereocenters. The first kappa shape index (κ1) is 9.61. The van der Waals surface area contributed by atoms with Gasteiger partial charge in [-0.25, -0.2) is 0 Å². The van der Waals surface area contributed by atoms with Crippen LogP contribution in [0.25, 0.3) is 0 Å². The summed E-state index contributed by atoms with van der Waals surface area (Å²) in [4.78, 5) is 11.5. The van der Waals surface area contributed by atoms with Crippen molar-refractivity contribution < 1.29 is 4.79 Å².